The van der Waals surface area contributed by atoms with Gasteiger partial charge in [-0.25, -0.2) is 0 Å². The quantitative estimate of drug-likeness (QED) is 0.881. The highest BCUT2D eigenvalue weighted by atomic mass is 16.2. The first-order chi connectivity index (χ1) is 8.99. The maximum atomic E-state index is 11.9. The van der Waals surface area contributed by atoms with Crippen LogP contribution in [0.15, 0.2) is 24.3 Å². The molecule has 0 aliphatic rings. The van der Waals surface area contributed by atoms with Crippen LogP contribution in [0.25, 0.3) is 0 Å². The summed E-state index contributed by atoms with van der Waals surface area (Å²) in [6, 6.07) is 7.74. The summed E-state index contributed by atoms with van der Waals surface area (Å²) in [4.78, 5) is 25.3. The average molecular weight is 259 g/mol. The van der Waals surface area contributed by atoms with Gasteiger partial charge in [0, 0.05) is 19.2 Å². The molecule has 5 nitrogen and oxygen atoms in total. The third-order valence-corrected chi connectivity index (χ3v) is 2.82. The highest BCUT2D eigenvalue weighted by Crippen LogP contribution is 2.04. The lowest BCUT2D eigenvalue weighted by Gasteiger charge is -2.20. The number of carbonyl (C=O) groups is 2. The van der Waals surface area contributed by atoms with E-state index >= 15 is 0 Å². The van der Waals surface area contributed by atoms with Crippen molar-refractivity contribution in [2.75, 3.05) is 13.6 Å². The van der Waals surface area contributed by atoms with Crippen molar-refractivity contribution >= 4 is 11.8 Å². The fourth-order valence-corrected chi connectivity index (χ4v) is 1.56. The molecule has 19 heavy (non-hydrogen) atoms. The van der Waals surface area contributed by atoms with Crippen LogP contribution in [0.3, 0.4) is 0 Å². The second kappa shape index (κ2) is 6.55. The predicted molar refractivity (Wildman–Crippen MR) is 71.4 cm³/mol. The van der Waals surface area contributed by atoms with Gasteiger partial charge in [0.2, 0.25) is 5.91 Å². The second-order valence-electron chi connectivity index (χ2n) is 4.24. The van der Waals surface area contributed by atoms with Crippen molar-refractivity contribution in [1.29, 1.82) is 5.26 Å². The van der Waals surface area contributed by atoms with E-state index in [9.17, 15) is 9.59 Å². The molecule has 0 radical (unpaired) electrons. The van der Waals surface area contributed by atoms with Crippen LogP contribution < -0.4 is 5.32 Å². The monoisotopic (exact) mass is 259 g/mol. The minimum absolute atomic E-state index is 0.146. The van der Waals surface area contributed by atoms with Gasteiger partial charge >= 0.3 is 0 Å². The van der Waals surface area contributed by atoms with E-state index in [1.807, 2.05) is 13.0 Å². The Balaban J connectivity index is 2.74. The molecule has 0 aliphatic heterocycles. The Morgan fingerprint density at radius 3 is 2.74 bits per heavy atom. The molecule has 1 N–H and O–H groups in total. The van der Waals surface area contributed by atoms with Crippen molar-refractivity contribution in [3.05, 3.63) is 35.4 Å². The first-order valence-electron chi connectivity index (χ1n) is 6.05. The number of benzene rings is 1. The second-order valence-corrected chi connectivity index (χ2v) is 4.24. The first-order valence-corrected chi connectivity index (χ1v) is 6.05. The van der Waals surface area contributed by atoms with Gasteiger partial charge in [-0.15, -0.1) is 0 Å². The van der Waals surface area contributed by atoms with Crippen LogP contribution in [0.2, 0.25) is 0 Å². The van der Waals surface area contributed by atoms with Crippen LogP contribution >= 0.6 is 0 Å². The molecule has 0 bridgehead atoms. The molecule has 1 aromatic carbocycles. The predicted octanol–water partition coefficient (Wildman–Crippen LogP) is 1.15. The summed E-state index contributed by atoms with van der Waals surface area (Å²) in [5.74, 6) is -0.505. The SMILES string of the molecule is CCN(C)C(=O)C(C)NC(=O)c1cccc(C#N)c1. The smallest absolute Gasteiger partial charge is 0.251 e. The summed E-state index contributed by atoms with van der Waals surface area (Å²) >= 11 is 0. The summed E-state index contributed by atoms with van der Waals surface area (Å²) in [7, 11) is 1.68. The van der Waals surface area contributed by atoms with Gasteiger partial charge in [-0.3, -0.25) is 9.59 Å². The van der Waals surface area contributed by atoms with Gasteiger partial charge in [0.15, 0.2) is 0 Å². The fourth-order valence-electron chi connectivity index (χ4n) is 1.56. The van der Waals surface area contributed by atoms with Crippen molar-refractivity contribution in [3.63, 3.8) is 0 Å². The summed E-state index contributed by atoms with van der Waals surface area (Å²) in [6.07, 6.45) is 0. The molecule has 1 atom stereocenters. The van der Waals surface area contributed by atoms with E-state index in [0.717, 1.165) is 0 Å². The molecule has 0 saturated heterocycles. The third-order valence-electron chi connectivity index (χ3n) is 2.82. The van der Waals surface area contributed by atoms with Crippen molar-refractivity contribution in [2.24, 2.45) is 0 Å². The first kappa shape index (κ1) is 14.7. The molecule has 0 spiro atoms. The minimum Gasteiger partial charge on any atom is -0.344 e. The van der Waals surface area contributed by atoms with E-state index in [1.54, 1.807) is 32.2 Å². The Bertz CT molecular complexity index is 520. The van der Waals surface area contributed by atoms with Crippen molar-refractivity contribution in [3.8, 4) is 6.07 Å². The van der Waals surface area contributed by atoms with Crippen molar-refractivity contribution in [1.82, 2.24) is 10.2 Å². The van der Waals surface area contributed by atoms with E-state index in [-0.39, 0.29) is 11.8 Å². The van der Waals surface area contributed by atoms with Crippen molar-refractivity contribution in [2.45, 2.75) is 19.9 Å². The van der Waals surface area contributed by atoms with Gasteiger partial charge in [0.05, 0.1) is 11.6 Å². The van der Waals surface area contributed by atoms with Crippen LogP contribution in [0, 0.1) is 11.3 Å². The highest BCUT2D eigenvalue weighted by Gasteiger charge is 2.19. The maximum absolute atomic E-state index is 11.9. The number of hydrogen-bond donors (Lipinski definition) is 1. The number of amides is 2. The third kappa shape index (κ3) is 3.81. The van der Waals surface area contributed by atoms with Gasteiger partial charge in [-0.2, -0.15) is 5.26 Å². The van der Waals surface area contributed by atoms with Gasteiger partial charge < -0.3 is 10.2 Å². The molecule has 0 saturated carbocycles. The molecule has 0 aliphatic carbocycles. The number of likely N-dealkylation sites (N-methyl/N-ethyl adjacent to an activating group) is 1. The number of carbonyl (C=O) groups excluding carboxylic acids is 2. The van der Waals surface area contributed by atoms with E-state index < -0.39 is 6.04 Å². The largest absolute Gasteiger partial charge is 0.344 e. The van der Waals surface area contributed by atoms with Crippen LogP contribution in [0.4, 0.5) is 0 Å². The van der Waals surface area contributed by atoms with Gasteiger partial charge in [0.1, 0.15) is 6.04 Å². The van der Waals surface area contributed by atoms with E-state index in [1.165, 1.54) is 11.0 Å². The molecule has 0 aromatic heterocycles. The number of nitrogens with one attached hydrogen (secondary N) is 1. The average Bonchev–Trinajstić information content (AvgIpc) is 2.45. The molecule has 0 fully saturated rings. The Hall–Kier alpha value is -2.35. The summed E-state index contributed by atoms with van der Waals surface area (Å²) in [6.45, 7) is 4.09. The normalized spacial score (nSPS) is 11.3. The molecule has 100 valence electrons. The van der Waals surface area contributed by atoms with E-state index in [0.29, 0.717) is 17.7 Å². The number of nitriles is 1. The highest BCUT2D eigenvalue weighted by molar-refractivity contribution is 5.97. The van der Waals surface area contributed by atoms with Gasteiger partial charge in [-0.05, 0) is 32.0 Å². The molecular formula is C14H17N3O2. The summed E-state index contributed by atoms with van der Waals surface area (Å²) in [5.41, 5.74) is 0.787. The molecule has 1 aromatic rings. The van der Waals surface area contributed by atoms with Crippen LogP contribution in [-0.4, -0.2) is 36.3 Å². The zero-order valence-corrected chi connectivity index (χ0v) is 11.3. The summed E-state index contributed by atoms with van der Waals surface area (Å²) < 4.78 is 0. The zero-order chi connectivity index (χ0) is 14.4. The van der Waals surface area contributed by atoms with E-state index in [2.05, 4.69) is 5.32 Å². The number of hydrogen-bond acceptors (Lipinski definition) is 3. The molecule has 1 unspecified atom stereocenters. The topological polar surface area (TPSA) is 73.2 Å². The number of rotatable bonds is 4. The van der Waals surface area contributed by atoms with E-state index in [4.69, 9.17) is 5.26 Å². The number of nitrogens with zero attached hydrogens (tertiary/aromatic N) is 2. The maximum Gasteiger partial charge on any atom is 0.251 e. The molecule has 1 rings (SSSR count). The van der Waals surface area contributed by atoms with Crippen molar-refractivity contribution < 1.29 is 9.59 Å². The van der Waals surface area contributed by atoms with Crippen LogP contribution in [0.1, 0.15) is 29.8 Å². The Kier molecular flexibility index (Phi) is 5.07. The molecule has 5 heteroatoms. The van der Waals surface area contributed by atoms with Crippen LogP contribution in [-0.2, 0) is 4.79 Å². The molecule has 2 amide bonds. The fraction of sp³-hybridized carbons (Fsp3) is 0.357. The molecule has 0 heterocycles. The Morgan fingerprint density at radius 2 is 2.16 bits per heavy atom. The lowest BCUT2D eigenvalue weighted by molar-refractivity contribution is -0.131. The summed E-state index contributed by atoms with van der Waals surface area (Å²) in [5, 5.41) is 11.4. The Labute approximate surface area is 112 Å². The lowest BCUT2D eigenvalue weighted by Crippen LogP contribution is -2.45. The van der Waals surface area contributed by atoms with Gasteiger partial charge in [0.25, 0.3) is 5.91 Å². The van der Waals surface area contributed by atoms with Gasteiger partial charge in [-0.1, -0.05) is 6.07 Å². The Morgan fingerprint density at radius 1 is 1.47 bits per heavy atom. The van der Waals surface area contributed by atoms with Crippen LogP contribution in [0.5, 0.6) is 0 Å². The molecular weight excluding hydrogens is 242 g/mol. The minimum atomic E-state index is -0.594. The zero-order valence-electron chi connectivity index (χ0n) is 11.3. The lowest BCUT2D eigenvalue weighted by atomic mass is 10.1. The standard InChI is InChI=1S/C14H17N3O2/c1-4-17(3)14(19)10(2)16-13(18)12-7-5-6-11(8-12)9-15/h5-8,10H,4H2,1-3H3,(H,16,18).